The number of primary sulfonamides is 1. The molecule has 0 aliphatic rings. The Balaban J connectivity index is 2.76. The Morgan fingerprint density at radius 1 is 1.25 bits per heavy atom. The highest BCUT2D eigenvalue weighted by Crippen LogP contribution is 2.24. The van der Waals surface area contributed by atoms with Gasteiger partial charge in [-0.3, -0.25) is 0 Å². The van der Waals surface area contributed by atoms with Crippen LogP contribution in [0.5, 0.6) is 5.75 Å². The van der Waals surface area contributed by atoms with Crippen molar-refractivity contribution in [3.63, 3.8) is 0 Å². The summed E-state index contributed by atoms with van der Waals surface area (Å²) in [6.45, 7) is 3.70. The lowest BCUT2D eigenvalue weighted by Gasteiger charge is -2.23. The summed E-state index contributed by atoms with van der Waals surface area (Å²) in [4.78, 5) is 0. The van der Waals surface area contributed by atoms with Crippen LogP contribution in [-0.2, 0) is 16.4 Å². The standard InChI is InChI=1S/C11H17NO3S/c1-11(2,8-16(12,14)15)7-9-3-5-10(13)6-4-9/h3-6,13H,7-8H2,1-2H3,(H2,12,14,15). The highest BCUT2D eigenvalue weighted by molar-refractivity contribution is 7.89. The van der Waals surface area contributed by atoms with E-state index in [1.165, 1.54) is 0 Å². The van der Waals surface area contributed by atoms with Crippen LogP contribution in [0.3, 0.4) is 0 Å². The quantitative estimate of drug-likeness (QED) is 0.835. The van der Waals surface area contributed by atoms with Gasteiger partial charge in [0, 0.05) is 0 Å². The van der Waals surface area contributed by atoms with E-state index in [9.17, 15) is 8.42 Å². The number of phenolic OH excluding ortho intramolecular Hbond substituents is 1. The molecule has 16 heavy (non-hydrogen) atoms. The SMILES string of the molecule is CC(C)(Cc1ccc(O)cc1)CS(N)(=O)=O. The van der Waals surface area contributed by atoms with E-state index in [1.54, 1.807) is 24.3 Å². The Morgan fingerprint density at radius 2 is 1.75 bits per heavy atom. The van der Waals surface area contributed by atoms with Crippen molar-refractivity contribution in [3.05, 3.63) is 29.8 Å². The Bertz CT molecular complexity index is 449. The molecule has 90 valence electrons. The molecule has 3 N–H and O–H groups in total. The maximum absolute atomic E-state index is 11.0. The molecule has 0 heterocycles. The van der Waals surface area contributed by atoms with Gasteiger partial charge in [0.25, 0.3) is 0 Å². The van der Waals surface area contributed by atoms with E-state index in [2.05, 4.69) is 0 Å². The topological polar surface area (TPSA) is 80.4 Å². The molecule has 0 saturated heterocycles. The van der Waals surface area contributed by atoms with Gasteiger partial charge in [-0.15, -0.1) is 0 Å². The van der Waals surface area contributed by atoms with Crippen LogP contribution >= 0.6 is 0 Å². The lowest BCUT2D eigenvalue weighted by Crippen LogP contribution is -2.30. The van der Waals surface area contributed by atoms with E-state index in [4.69, 9.17) is 10.2 Å². The fourth-order valence-electron chi connectivity index (χ4n) is 1.76. The van der Waals surface area contributed by atoms with Gasteiger partial charge in [-0.25, -0.2) is 13.6 Å². The molecular formula is C11H17NO3S. The third-order valence-electron chi connectivity index (χ3n) is 2.21. The first-order chi connectivity index (χ1) is 7.18. The van der Waals surface area contributed by atoms with Gasteiger partial charge in [-0.1, -0.05) is 26.0 Å². The van der Waals surface area contributed by atoms with Crippen LogP contribution in [-0.4, -0.2) is 19.3 Å². The van der Waals surface area contributed by atoms with Gasteiger partial charge in [0.15, 0.2) is 0 Å². The molecule has 1 rings (SSSR count). The van der Waals surface area contributed by atoms with Crippen molar-refractivity contribution in [1.29, 1.82) is 0 Å². The molecule has 0 spiro atoms. The number of benzene rings is 1. The molecule has 1 aromatic rings. The summed E-state index contributed by atoms with van der Waals surface area (Å²) in [7, 11) is -3.46. The molecule has 0 amide bonds. The van der Waals surface area contributed by atoms with Crippen LogP contribution in [0.4, 0.5) is 0 Å². The number of nitrogens with two attached hydrogens (primary N) is 1. The van der Waals surface area contributed by atoms with E-state index >= 15 is 0 Å². The molecule has 0 aromatic heterocycles. The monoisotopic (exact) mass is 243 g/mol. The predicted octanol–water partition coefficient (Wildman–Crippen LogP) is 1.25. The summed E-state index contributed by atoms with van der Waals surface area (Å²) in [6.07, 6.45) is 0.601. The van der Waals surface area contributed by atoms with Crippen molar-refractivity contribution < 1.29 is 13.5 Å². The first kappa shape index (κ1) is 13.0. The molecule has 0 atom stereocenters. The van der Waals surface area contributed by atoms with E-state index in [1.807, 2.05) is 13.8 Å². The molecule has 0 radical (unpaired) electrons. The summed E-state index contributed by atoms with van der Waals surface area (Å²) < 4.78 is 22.1. The van der Waals surface area contributed by atoms with E-state index in [0.717, 1.165) is 5.56 Å². The highest BCUT2D eigenvalue weighted by atomic mass is 32.2. The summed E-state index contributed by atoms with van der Waals surface area (Å²) in [5.74, 6) is 0.147. The van der Waals surface area contributed by atoms with Gasteiger partial charge in [-0.2, -0.15) is 0 Å². The third kappa shape index (κ3) is 4.63. The first-order valence-electron chi connectivity index (χ1n) is 4.96. The van der Waals surface area contributed by atoms with Crippen LogP contribution in [0.15, 0.2) is 24.3 Å². The summed E-state index contributed by atoms with van der Waals surface area (Å²) in [5, 5.41) is 14.2. The van der Waals surface area contributed by atoms with Crippen LogP contribution < -0.4 is 5.14 Å². The molecule has 0 aliphatic carbocycles. The van der Waals surface area contributed by atoms with Crippen molar-refractivity contribution in [1.82, 2.24) is 0 Å². The van der Waals surface area contributed by atoms with E-state index in [-0.39, 0.29) is 11.5 Å². The molecule has 4 nitrogen and oxygen atoms in total. The zero-order valence-corrected chi connectivity index (χ0v) is 10.3. The molecule has 0 fully saturated rings. The van der Waals surface area contributed by atoms with Crippen LogP contribution in [0, 0.1) is 5.41 Å². The smallest absolute Gasteiger partial charge is 0.209 e. The Morgan fingerprint density at radius 3 is 2.19 bits per heavy atom. The number of hydrogen-bond donors (Lipinski definition) is 2. The molecule has 0 bridgehead atoms. The number of aromatic hydroxyl groups is 1. The fourth-order valence-corrected chi connectivity index (χ4v) is 2.95. The Labute approximate surface area is 96.2 Å². The molecule has 0 aliphatic heterocycles. The van der Waals surface area contributed by atoms with Gasteiger partial charge >= 0.3 is 0 Å². The maximum Gasteiger partial charge on any atom is 0.209 e. The number of sulfonamides is 1. The second-order valence-corrected chi connectivity index (χ2v) is 6.43. The van der Waals surface area contributed by atoms with Gasteiger partial charge in [0.1, 0.15) is 5.75 Å². The number of hydrogen-bond acceptors (Lipinski definition) is 3. The average Bonchev–Trinajstić information content (AvgIpc) is 2.04. The summed E-state index contributed by atoms with van der Waals surface area (Å²) >= 11 is 0. The van der Waals surface area contributed by atoms with Crippen molar-refractivity contribution in [2.24, 2.45) is 10.6 Å². The minimum Gasteiger partial charge on any atom is -0.508 e. The lowest BCUT2D eigenvalue weighted by molar-refractivity contribution is 0.409. The minimum atomic E-state index is -3.46. The molecule has 0 saturated carbocycles. The normalized spacial score (nSPS) is 12.7. The highest BCUT2D eigenvalue weighted by Gasteiger charge is 2.24. The predicted molar refractivity (Wildman–Crippen MR) is 63.6 cm³/mol. The third-order valence-corrected chi connectivity index (χ3v) is 3.39. The lowest BCUT2D eigenvalue weighted by atomic mass is 9.88. The largest absolute Gasteiger partial charge is 0.508 e. The first-order valence-corrected chi connectivity index (χ1v) is 6.68. The van der Waals surface area contributed by atoms with Crippen molar-refractivity contribution in [3.8, 4) is 5.75 Å². The Hall–Kier alpha value is -1.07. The van der Waals surface area contributed by atoms with Gasteiger partial charge in [0.05, 0.1) is 5.75 Å². The van der Waals surface area contributed by atoms with Gasteiger partial charge in [-0.05, 0) is 29.5 Å². The van der Waals surface area contributed by atoms with Crippen LogP contribution in [0.1, 0.15) is 19.4 Å². The zero-order chi connectivity index (χ0) is 12.4. The second kappa shape index (κ2) is 4.43. The van der Waals surface area contributed by atoms with Crippen LogP contribution in [0.2, 0.25) is 0 Å². The zero-order valence-electron chi connectivity index (χ0n) is 9.47. The second-order valence-electron chi connectivity index (χ2n) is 4.81. The maximum atomic E-state index is 11.0. The number of rotatable bonds is 4. The summed E-state index contributed by atoms with van der Waals surface area (Å²) in [5.41, 5.74) is 0.566. The number of phenols is 1. The Kier molecular flexibility index (Phi) is 3.60. The van der Waals surface area contributed by atoms with Gasteiger partial charge in [0.2, 0.25) is 10.0 Å². The minimum absolute atomic E-state index is 0.0547. The average molecular weight is 243 g/mol. The van der Waals surface area contributed by atoms with Crippen molar-refractivity contribution >= 4 is 10.0 Å². The van der Waals surface area contributed by atoms with Crippen molar-refractivity contribution in [2.75, 3.05) is 5.75 Å². The molecule has 5 heteroatoms. The van der Waals surface area contributed by atoms with E-state index in [0.29, 0.717) is 6.42 Å². The summed E-state index contributed by atoms with van der Waals surface area (Å²) in [6, 6.07) is 6.73. The molecule has 0 unspecified atom stereocenters. The van der Waals surface area contributed by atoms with Crippen LogP contribution in [0.25, 0.3) is 0 Å². The fraction of sp³-hybridized carbons (Fsp3) is 0.455. The molecular weight excluding hydrogens is 226 g/mol. The van der Waals surface area contributed by atoms with E-state index < -0.39 is 15.4 Å². The van der Waals surface area contributed by atoms with Gasteiger partial charge < -0.3 is 5.11 Å². The van der Waals surface area contributed by atoms with Crippen molar-refractivity contribution in [2.45, 2.75) is 20.3 Å². The molecule has 1 aromatic carbocycles.